The van der Waals surface area contributed by atoms with Gasteiger partial charge in [0.15, 0.2) is 0 Å². The summed E-state index contributed by atoms with van der Waals surface area (Å²) in [5.74, 6) is -0.811. The maximum absolute atomic E-state index is 13.5. The molecule has 1 N–H and O–H groups in total. The highest BCUT2D eigenvalue weighted by atomic mass is 35.5. The van der Waals surface area contributed by atoms with E-state index in [1.165, 1.54) is 17.0 Å². The standard InChI is InChI=1S/C27H34Cl2F3N3O4S/c1-6-23(25(37)33-26(2,3)4)34(17-18-12-13-20(28)16-22(18)29)24(36)11-8-14-35(40(5,38)39)21-10-7-9-19(15-21)27(30,31)32/h7,9-10,12-13,15-16,23H,6,8,11,14,17H2,1-5H3,(H,33,37). The molecule has 0 heterocycles. The summed E-state index contributed by atoms with van der Waals surface area (Å²) in [5.41, 5.74) is -1.15. The van der Waals surface area contributed by atoms with Gasteiger partial charge in [-0.3, -0.25) is 13.9 Å². The van der Waals surface area contributed by atoms with Gasteiger partial charge in [-0.15, -0.1) is 0 Å². The van der Waals surface area contributed by atoms with Crippen LogP contribution in [0.3, 0.4) is 0 Å². The Morgan fingerprint density at radius 3 is 2.23 bits per heavy atom. The number of nitrogens with one attached hydrogen (secondary N) is 1. The minimum atomic E-state index is -4.65. The molecule has 0 saturated carbocycles. The smallest absolute Gasteiger partial charge is 0.350 e. The number of alkyl halides is 3. The van der Waals surface area contributed by atoms with E-state index in [0.717, 1.165) is 28.8 Å². The molecule has 7 nitrogen and oxygen atoms in total. The molecule has 13 heteroatoms. The van der Waals surface area contributed by atoms with Crippen LogP contribution in [0.5, 0.6) is 0 Å². The first-order valence-electron chi connectivity index (χ1n) is 12.5. The van der Waals surface area contributed by atoms with Gasteiger partial charge in [0.1, 0.15) is 6.04 Å². The molecule has 1 atom stereocenters. The highest BCUT2D eigenvalue weighted by molar-refractivity contribution is 7.92. The van der Waals surface area contributed by atoms with Crippen molar-refractivity contribution >= 4 is 50.7 Å². The van der Waals surface area contributed by atoms with Crippen LogP contribution in [0.4, 0.5) is 18.9 Å². The summed E-state index contributed by atoms with van der Waals surface area (Å²) >= 11 is 12.3. The summed E-state index contributed by atoms with van der Waals surface area (Å²) in [4.78, 5) is 28.0. The summed E-state index contributed by atoms with van der Waals surface area (Å²) in [7, 11) is -3.96. The highest BCUT2D eigenvalue weighted by Crippen LogP contribution is 2.32. The maximum atomic E-state index is 13.5. The van der Waals surface area contributed by atoms with Gasteiger partial charge in [-0.25, -0.2) is 8.42 Å². The lowest BCUT2D eigenvalue weighted by Crippen LogP contribution is -2.53. The molecule has 1 unspecified atom stereocenters. The lowest BCUT2D eigenvalue weighted by molar-refractivity contribution is -0.142. The molecule has 2 rings (SSSR count). The normalized spacial score (nSPS) is 13.1. The number of amides is 2. The molecular weight excluding hydrogens is 590 g/mol. The quantitative estimate of drug-likeness (QED) is 0.319. The molecular formula is C27H34Cl2F3N3O4S. The number of hydrogen-bond donors (Lipinski definition) is 1. The number of rotatable bonds is 11. The van der Waals surface area contributed by atoms with Gasteiger partial charge in [0.25, 0.3) is 0 Å². The molecule has 0 fully saturated rings. The van der Waals surface area contributed by atoms with Gasteiger partial charge in [-0.2, -0.15) is 13.2 Å². The first kappa shape index (κ1) is 33.7. The Morgan fingerprint density at radius 1 is 1.05 bits per heavy atom. The number of carbonyl (C=O) groups is 2. The molecule has 0 aromatic heterocycles. The molecule has 0 spiro atoms. The molecule has 222 valence electrons. The molecule has 0 aliphatic rings. The van der Waals surface area contributed by atoms with Crippen LogP contribution in [0.25, 0.3) is 0 Å². The van der Waals surface area contributed by atoms with E-state index >= 15 is 0 Å². The second-order valence-electron chi connectivity index (χ2n) is 10.4. The number of sulfonamides is 1. The van der Waals surface area contributed by atoms with Crippen LogP contribution in [0.15, 0.2) is 42.5 Å². The Balaban J connectivity index is 2.32. The highest BCUT2D eigenvalue weighted by Gasteiger charge is 2.33. The van der Waals surface area contributed by atoms with Crippen molar-refractivity contribution in [2.24, 2.45) is 0 Å². The monoisotopic (exact) mass is 623 g/mol. The Kier molecular flexibility index (Phi) is 11.3. The largest absolute Gasteiger partial charge is 0.416 e. The fourth-order valence-corrected chi connectivity index (χ4v) is 5.47. The molecule has 0 radical (unpaired) electrons. The van der Waals surface area contributed by atoms with E-state index in [1.807, 2.05) is 20.8 Å². The number of carbonyl (C=O) groups excluding carboxylic acids is 2. The Morgan fingerprint density at radius 2 is 1.70 bits per heavy atom. The molecule has 2 aromatic rings. The Labute approximate surface area is 243 Å². The van der Waals surface area contributed by atoms with Crippen molar-refractivity contribution in [2.45, 2.75) is 71.3 Å². The molecule has 2 aromatic carbocycles. The van der Waals surface area contributed by atoms with Crippen LogP contribution in [-0.4, -0.2) is 49.5 Å². The second kappa shape index (κ2) is 13.4. The number of halogens is 5. The summed E-state index contributed by atoms with van der Waals surface area (Å²) < 4.78 is 65.4. The van der Waals surface area contributed by atoms with Gasteiger partial charge >= 0.3 is 6.18 Å². The van der Waals surface area contributed by atoms with Crippen molar-refractivity contribution in [3.63, 3.8) is 0 Å². The van der Waals surface area contributed by atoms with Crippen LogP contribution in [0.1, 0.15) is 58.1 Å². The van der Waals surface area contributed by atoms with E-state index in [0.29, 0.717) is 22.0 Å². The third-order valence-electron chi connectivity index (χ3n) is 5.85. The minimum absolute atomic E-state index is 0.00563. The van der Waals surface area contributed by atoms with Crippen LogP contribution in [0, 0.1) is 0 Å². The number of benzene rings is 2. The maximum Gasteiger partial charge on any atom is 0.416 e. The molecule has 0 aliphatic heterocycles. The van der Waals surface area contributed by atoms with Crippen molar-refractivity contribution in [2.75, 3.05) is 17.1 Å². The second-order valence-corrected chi connectivity index (χ2v) is 13.2. The topological polar surface area (TPSA) is 86.8 Å². The van der Waals surface area contributed by atoms with Gasteiger partial charge in [0.2, 0.25) is 21.8 Å². The van der Waals surface area contributed by atoms with Gasteiger partial charge in [-0.05, 0) is 69.5 Å². The van der Waals surface area contributed by atoms with Gasteiger partial charge in [-0.1, -0.05) is 42.3 Å². The Hall–Kier alpha value is -2.50. The van der Waals surface area contributed by atoms with Crippen molar-refractivity contribution in [3.8, 4) is 0 Å². The fraction of sp³-hybridized carbons (Fsp3) is 0.481. The van der Waals surface area contributed by atoms with E-state index in [-0.39, 0.29) is 37.5 Å². The average Bonchev–Trinajstić information content (AvgIpc) is 2.80. The van der Waals surface area contributed by atoms with Crippen LogP contribution in [-0.2, 0) is 32.3 Å². The lowest BCUT2D eigenvalue weighted by Gasteiger charge is -2.33. The zero-order valence-electron chi connectivity index (χ0n) is 23.0. The van der Waals surface area contributed by atoms with Gasteiger partial charge in [0.05, 0.1) is 17.5 Å². The van der Waals surface area contributed by atoms with Crippen molar-refractivity contribution in [3.05, 3.63) is 63.6 Å². The van der Waals surface area contributed by atoms with E-state index in [2.05, 4.69) is 5.32 Å². The summed E-state index contributed by atoms with van der Waals surface area (Å²) in [5, 5.41) is 3.59. The average molecular weight is 625 g/mol. The third-order valence-corrected chi connectivity index (χ3v) is 7.63. The number of anilines is 1. The SMILES string of the molecule is CCC(C(=O)NC(C)(C)C)N(Cc1ccc(Cl)cc1Cl)C(=O)CCCN(c1cccc(C(F)(F)F)c1)S(C)(=O)=O. The Bertz CT molecular complexity index is 1310. The molecule has 0 aliphatic carbocycles. The zero-order valence-corrected chi connectivity index (χ0v) is 25.3. The van der Waals surface area contributed by atoms with Crippen molar-refractivity contribution in [1.82, 2.24) is 10.2 Å². The first-order valence-corrected chi connectivity index (χ1v) is 15.1. The number of nitrogens with zero attached hydrogens (tertiary/aromatic N) is 2. The molecule has 0 saturated heterocycles. The van der Waals surface area contributed by atoms with E-state index in [1.54, 1.807) is 19.1 Å². The summed E-state index contributed by atoms with van der Waals surface area (Å²) in [6.07, 6.45) is -3.66. The van der Waals surface area contributed by atoms with Gasteiger partial charge in [0, 0.05) is 35.1 Å². The number of hydrogen-bond acceptors (Lipinski definition) is 4. The van der Waals surface area contributed by atoms with Crippen LogP contribution < -0.4 is 9.62 Å². The fourth-order valence-electron chi connectivity index (χ4n) is 4.05. The first-order chi connectivity index (χ1) is 18.3. The van der Waals surface area contributed by atoms with E-state index in [9.17, 15) is 31.2 Å². The van der Waals surface area contributed by atoms with Gasteiger partial charge < -0.3 is 10.2 Å². The molecule has 0 bridgehead atoms. The van der Waals surface area contributed by atoms with E-state index in [4.69, 9.17) is 23.2 Å². The predicted octanol–water partition coefficient (Wildman–Crippen LogP) is 6.28. The third kappa shape index (κ3) is 9.85. The lowest BCUT2D eigenvalue weighted by atomic mass is 10.0. The minimum Gasteiger partial charge on any atom is -0.350 e. The summed E-state index contributed by atoms with van der Waals surface area (Å²) in [6, 6.07) is 7.92. The van der Waals surface area contributed by atoms with E-state index < -0.39 is 39.3 Å². The predicted molar refractivity (Wildman–Crippen MR) is 152 cm³/mol. The van der Waals surface area contributed by atoms with Crippen molar-refractivity contribution in [1.29, 1.82) is 0 Å². The summed E-state index contributed by atoms with van der Waals surface area (Å²) in [6.45, 7) is 6.95. The zero-order chi connectivity index (χ0) is 30.5. The molecule has 40 heavy (non-hydrogen) atoms. The van der Waals surface area contributed by atoms with Crippen LogP contribution in [0.2, 0.25) is 10.0 Å². The van der Waals surface area contributed by atoms with Crippen molar-refractivity contribution < 1.29 is 31.2 Å². The molecule has 2 amide bonds. The van der Waals surface area contributed by atoms with Crippen LogP contribution >= 0.6 is 23.2 Å².